The zero-order valence-corrected chi connectivity index (χ0v) is 10.0. The summed E-state index contributed by atoms with van der Waals surface area (Å²) in [5.41, 5.74) is 3.02. The molecule has 1 aromatic rings. The molecule has 0 radical (unpaired) electrons. The molecule has 1 aliphatic rings. The second-order valence-electron chi connectivity index (χ2n) is 5.41. The predicted molar refractivity (Wildman–Crippen MR) is 65.2 cm³/mol. The normalized spacial score (nSPS) is 16.7. The molecule has 0 aliphatic heterocycles. The van der Waals surface area contributed by atoms with E-state index in [0.717, 1.165) is 12.6 Å². The van der Waals surface area contributed by atoms with Crippen molar-refractivity contribution in [1.29, 1.82) is 0 Å². The van der Waals surface area contributed by atoms with Crippen LogP contribution in [0.25, 0.3) is 0 Å². The van der Waals surface area contributed by atoms with Crippen LogP contribution in [0.5, 0.6) is 0 Å². The number of hydrogen-bond donors (Lipinski definition) is 1. The first-order valence-electron chi connectivity index (χ1n) is 5.88. The summed E-state index contributed by atoms with van der Waals surface area (Å²) in [5, 5.41) is 3.61. The molecule has 1 heteroatoms. The molecular formula is C14H21N. The van der Waals surface area contributed by atoms with E-state index in [2.05, 4.69) is 50.4 Å². The first-order chi connectivity index (χ1) is 7.08. The fourth-order valence-corrected chi connectivity index (χ4v) is 1.79. The number of nitrogens with one attached hydrogen (secondary N) is 1. The molecule has 1 nitrogen and oxygen atoms in total. The zero-order valence-electron chi connectivity index (χ0n) is 10.0. The van der Waals surface area contributed by atoms with Crippen LogP contribution in [0.1, 0.15) is 37.8 Å². The second-order valence-corrected chi connectivity index (χ2v) is 5.41. The van der Waals surface area contributed by atoms with Crippen LogP contribution in [0.15, 0.2) is 24.3 Å². The molecule has 1 fully saturated rings. The lowest BCUT2D eigenvalue weighted by atomic mass is 9.84. The molecule has 1 aromatic carbocycles. The molecule has 0 spiro atoms. The quantitative estimate of drug-likeness (QED) is 0.793. The van der Waals surface area contributed by atoms with Gasteiger partial charge in [0, 0.05) is 18.0 Å². The highest BCUT2D eigenvalue weighted by atomic mass is 15.0. The van der Waals surface area contributed by atoms with Crippen molar-refractivity contribution in [1.82, 2.24) is 5.32 Å². The average Bonchev–Trinajstić information content (AvgIpc) is 2.99. The number of rotatable bonds is 4. The maximum absolute atomic E-state index is 3.61. The molecule has 0 bridgehead atoms. The summed E-state index contributed by atoms with van der Waals surface area (Å²) in [5.74, 6) is 0. The van der Waals surface area contributed by atoms with E-state index in [1.165, 1.54) is 24.0 Å². The Balaban J connectivity index is 2.02. The van der Waals surface area contributed by atoms with E-state index in [9.17, 15) is 0 Å². The molecule has 82 valence electrons. The van der Waals surface area contributed by atoms with E-state index in [1.807, 2.05) is 0 Å². The largest absolute Gasteiger partial charge is 0.313 e. The van der Waals surface area contributed by atoms with Crippen molar-refractivity contribution in [3.05, 3.63) is 35.4 Å². The molecule has 0 amide bonds. The van der Waals surface area contributed by atoms with Crippen LogP contribution in [0.4, 0.5) is 0 Å². The van der Waals surface area contributed by atoms with Crippen molar-refractivity contribution in [2.45, 2.75) is 45.1 Å². The number of benzene rings is 1. The number of aryl methyl sites for hydroxylation is 1. The van der Waals surface area contributed by atoms with E-state index in [0.29, 0.717) is 0 Å². The van der Waals surface area contributed by atoms with Crippen LogP contribution in [0.2, 0.25) is 0 Å². The fraction of sp³-hybridized carbons (Fsp3) is 0.571. The van der Waals surface area contributed by atoms with Gasteiger partial charge in [-0.3, -0.25) is 0 Å². The smallest absolute Gasteiger partial charge is 0.00685 e. The van der Waals surface area contributed by atoms with Gasteiger partial charge in [-0.15, -0.1) is 0 Å². The van der Waals surface area contributed by atoms with Crippen molar-refractivity contribution in [2.24, 2.45) is 0 Å². The first kappa shape index (κ1) is 10.7. The maximum atomic E-state index is 3.61. The van der Waals surface area contributed by atoms with Gasteiger partial charge in [0.25, 0.3) is 0 Å². The predicted octanol–water partition coefficient (Wildman–Crippen LogP) is 3.02. The molecule has 1 N–H and O–H groups in total. The lowest BCUT2D eigenvalue weighted by Gasteiger charge is -2.26. The molecule has 0 heterocycles. The highest BCUT2D eigenvalue weighted by Crippen LogP contribution is 2.25. The lowest BCUT2D eigenvalue weighted by Crippen LogP contribution is -2.34. The third-order valence-electron chi connectivity index (χ3n) is 3.24. The molecule has 15 heavy (non-hydrogen) atoms. The van der Waals surface area contributed by atoms with Gasteiger partial charge in [-0.2, -0.15) is 0 Å². The number of hydrogen-bond acceptors (Lipinski definition) is 1. The van der Waals surface area contributed by atoms with Gasteiger partial charge >= 0.3 is 0 Å². The van der Waals surface area contributed by atoms with Gasteiger partial charge in [0.15, 0.2) is 0 Å². The van der Waals surface area contributed by atoms with Gasteiger partial charge in [0.1, 0.15) is 0 Å². The fourth-order valence-electron chi connectivity index (χ4n) is 1.79. The van der Waals surface area contributed by atoms with Crippen LogP contribution < -0.4 is 5.32 Å². The molecule has 1 saturated carbocycles. The average molecular weight is 203 g/mol. The molecule has 0 saturated heterocycles. The van der Waals surface area contributed by atoms with Gasteiger partial charge in [0.05, 0.1) is 0 Å². The van der Waals surface area contributed by atoms with Crippen LogP contribution >= 0.6 is 0 Å². The second kappa shape index (κ2) is 3.97. The van der Waals surface area contributed by atoms with Crippen LogP contribution in [-0.2, 0) is 5.41 Å². The van der Waals surface area contributed by atoms with Gasteiger partial charge in [-0.25, -0.2) is 0 Å². The Morgan fingerprint density at radius 2 is 1.80 bits per heavy atom. The third-order valence-corrected chi connectivity index (χ3v) is 3.24. The Morgan fingerprint density at radius 1 is 1.20 bits per heavy atom. The monoisotopic (exact) mass is 203 g/mol. The molecule has 0 aromatic heterocycles. The highest BCUT2D eigenvalue weighted by Gasteiger charge is 2.26. The summed E-state index contributed by atoms with van der Waals surface area (Å²) in [6.45, 7) is 7.85. The van der Waals surface area contributed by atoms with Gasteiger partial charge in [0.2, 0.25) is 0 Å². The van der Waals surface area contributed by atoms with Crippen LogP contribution in [0, 0.1) is 6.92 Å². The zero-order chi connectivity index (χ0) is 10.9. The Bertz CT molecular complexity index is 320. The summed E-state index contributed by atoms with van der Waals surface area (Å²) in [6, 6.07) is 9.71. The highest BCUT2D eigenvalue weighted by molar-refractivity contribution is 5.27. The summed E-state index contributed by atoms with van der Waals surface area (Å²) < 4.78 is 0. The topological polar surface area (TPSA) is 12.0 Å². The van der Waals surface area contributed by atoms with E-state index in [-0.39, 0.29) is 5.41 Å². The van der Waals surface area contributed by atoms with Gasteiger partial charge in [-0.1, -0.05) is 43.7 Å². The van der Waals surface area contributed by atoms with E-state index in [4.69, 9.17) is 0 Å². The minimum Gasteiger partial charge on any atom is -0.313 e. The Hall–Kier alpha value is -0.820. The Kier molecular flexibility index (Phi) is 2.83. The van der Waals surface area contributed by atoms with Crippen molar-refractivity contribution in [3.8, 4) is 0 Å². The molecular weight excluding hydrogens is 182 g/mol. The standard InChI is InChI=1S/C14H21N/c1-11-4-6-12(7-5-11)14(2,3)10-15-13-8-9-13/h4-7,13,15H,8-10H2,1-3H3. The van der Waals surface area contributed by atoms with Crippen molar-refractivity contribution in [3.63, 3.8) is 0 Å². The van der Waals surface area contributed by atoms with E-state index >= 15 is 0 Å². The first-order valence-corrected chi connectivity index (χ1v) is 5.88. The van der Waals surface area contributed by atoms with Gasteiger partial charge < -0.3 is 5.32 Å². The van der Waals surface area contributed by atoms with Gasteiger partial charge in [-0.05, 0) is 25.3 Å². The minimum absolute atomic E-state index is 0.246. The van der Waals surface area contributed by atoms with Crippen LogP contribution in [0.3, 0.4) is 0 Å². The summed E-state index contributed by atoms with van der Waals surface area (Å²) in [6.07, 6.45) is 2.73. The van der Waals surface area contributed by atoms with Crippen LogP contribution in [-0.4, -0.2) is 12.6 Å². The Morgan fingerprint density at radius 3 is 2.33 bits per heavy atom. The molecule has 0 unspecified atom stereocenters. The van der Waals surface area contributed by atoms with Crippen molar-refractivity contribution < 1.29 is 0 Å². The van der Waals surface area contributed by atoms with E-state index in [1.54, 1.807) is 0 Å². The minimum atomic E-state index is 0.246. The summed E-state index contributed by atoms with van der Waals surface area (Å²) in [7, 11) is 0. The lowest BCUT2D eigenvalue weighted by molar-refractivity contribution is 0.467. The summed E-state index contributed by atoms with van der Waals surface area (Å²) >= 11 is 0. The Labute approximate surface area is 92.9 Å². The van der Waals surface area contributed by atoms with Crippen molar-refractivity contribution >= 4 is 0 Å². The maximum Gasteiger partial charge on any atom is 0.00685 e. The SMILES string of the molecule is Cc1ccc(C(C)(C)CNC2CC2)cc1. The molecule has 1 aliphatic carbocycles. The summed E-state index contributed by atoms with van der Waals surface area (Å²) in [4.78, 5) is 0. The molecule has 2 rings (SSSR count). The third kappa shape index (κ3) is 2.82. The molecule has 0 atom stereocenters. The van der Waals surface area contributed by atoms with Crippen molar-refractivity contribution in [2.75, 3.05) is 6.54 Å². The van der Waals surface area contributed by atoms with E-state index < -0.39 is 0 Å².